The Hall–Kier alpha value is -1.08. The van der Waals surface area contributed by atoms with Crippen LogP contribution in [-0.4, -0.2) is 0 Å². The zero-order valence-electron chi connectivity index (χ0n) is 9.93. The van der Waals surface area contributed by atoms with Gasteiger partial charge in [-0.2, -0.15) is 0 Å². The predicted octanol–water partition coefficient (Wildman–Crippen LogP) is 4.07. The van der Waals surface area contributed by atoms with Crippen molar-refractivity contribution in [2.24, 2.45) is 5.84 Å². The second-order valence-corrected chi connectivity index (χ2v) is 5.32. The highest BCUT2D eigenvalue weighted by atomic mass is 79.9. The molecule has 20 heavy (non-hydrogen) atoms. The summed E-state index contributed by atoms with van der Waals surface area (Å²) >= 11 is 9.17. The van der Waals surface area contributed by atoms with Crippen molar-refractivity contribution < 1.29 is 13.2 Å². The molecule has 106 valence electrons. The molecule has 0 aliphatic carbocycles. The zero-order valence-corrected chi connectivity index (χ0v) is 12.3. The van der Waals surface area contributed by atoms with Crippen molar-refractivity contribution in [2.75, 3.05) is 0 Å². The Kier molecular flexibility index (Phi) is 4.70. The molecule has 0 bridgehead atoms. The third kappa shape index (κ3) is 2.83. The molecule has 0 saturated heterocycles. The van der Waals surface area contributed by atoms with E-state index in [4.69, 9.17) is 17.4 Å². The topological polar surface area (TPSA) is 38.0 Å². The summed E-state index contributed by atoms with van der Waals surface area (Å²) in [7, 11) is 0. The molecule has 2 nitrogen and oxygen atoms in total. The molecule has 0 spiro atoms. The zero-order chi connectivity index (χ0) is 14.9. The first kappa shape index (κ1) is 15.3. The van der Waals surface area contributed by atoms with Gasteiger partial charge in [0.1, 0.15) is 0 Å². The van der Waals surface area contributed by atoms with Crippen molar-refractivity contribution in [3.05, 3.63) is 68.4 Å². The van der Waals surface area contributed by atoms with Gasteiger partial charge in [-0.1, -0.05) is 33.6 Å². The molecule has 0 fully saturated rings. The summed E-state index contributed by atoms with van der Waals surface area (Å²) in [4.78, 5) is 0. The van der Waals surface area contributed by atoms with E-state index in [0.29, 0.717) is 15.1 Å². The summed E-state index contributed by atoms with van der Waals surface area (Å²) in [5, 5.41) is 0.409. The van der Waals surface area contributed by atoms with Gasteiger partial charge in [-0.05, 0) is 29.8 Å². The van der Waals surface area contributed by atoms with Gasteiger partial charge >= 0.3 is 0 Å². The lowest BCUT2D eigenvalue weighted by Gasteiger charge is -2.19. The van der Waals surface area contributed by atoms with Crippen LogP contribution in [-0.2, 0) is 0 Å². The van der Waals surface area contributed by atoms with Crippen LogP contribution < -0.4 is 11.3 Å². The molecule has 0 amide bonds. The third-order valence-corrected chi connectivity index (χ3v) is 3.77. The first-order valence-corrected chi connectivity index (χ1v) is 6.67. The average Bonchev–Trinajstić information content (AvgIpc) is 2.43. The largest absolute Gasteiger partial charge is 0.271 e. The molecule has 0 aliphatic rings. The van der Waals surface area contributed by atoms with Gasteiger partial charge in [-0.25, -0.2) is 18.6 Å². The third-order valence-electron chi connectivity index (χ3n) is 2.81. The number of hydrazine groups is 1. The smallest absolute Gasteiger partial charge is 0.194 e. The Morgan fingerprint density at radius 2 is 1.75 bits per heavy atom. The number of rotatable bonds is 3. The maximum absolute atomic E-state index is 13.9. The Balaban J connectivity index is 2.58. The average molecular weight is 366 g/mol. The van der Waals surface area contributed by atoms with Gasteiger partial charge in [0.05, 0.1) is 6.04 Å². The summed E-state index contributed by atoms with van der Waals surface area (Å²) < 4.78 is 40.8. The monoisotopic (exact) mass is 364 g/mol. The van der Waals surface area contributed by atoms with E-state index in [1.165, 1.54) is 0 Å². The molecule has 7 heteroatoms. The summed E-state index contributed by atoms with van der Waals surface area (Å²) in [6.07, 6.45) is 0. The molecule has 1 atom stereocenters. The van der Waals surface area contributed by atoms with Crippen molar-refractivity contribution in [1.82, 2.24) is 5.43 Å². The lowest BCUT2D eigenvalue weighted by atomic mass is 9.98. The van der Waals surface area contributed by atoms with Crippen LogP contribution in [0.3, 0.4) is 0 Å². The first-order chi connectivity index (χ1) is 9.45. The van der Waals surface area contributed by atoms with Crippen LogP contribution >= 0.6 is 27.5 Å². The molecule has 3 N–H and O–H groups in total. The van der Waals surface area contributed by atoms with Crippen LogP contribution in [0.25, 0.3) is 0 Å². The number of halogens is 5. The molecular formula is C13H9BrClF3N2. The van der Waals surface area contributed by atoms with Crippen molar-refractivity contribution in [3.8, 4) is 0 Å². The van der Waals surface area contributed by atoms with E-state index in [2.05, 4.69) is 21.4 Å². The highest BCUT2D eigenvalue weighted by molar-refractivity contribution is 9.10. The van der Waals surface area contributed by atoms with Crippen LogP contribution in [0.2, 0.25) is 5.02 Å². The van der Waals surface area contributed by atoms with Gasteiger partial charge in [0, 0.05) is 15.1 Å². The number of hydrogen-bond acceptors (Lipinski definition) is 2. The minimum atomic E-state index is -1.54. The lowest BCUT2D eigenvalue weighted by molar-refractivity contribution is 0.433. The van der Waals surface area contributed by atoms with E-state index in [9.17, 15) is 13.2 Å². The fourth-order valence-corrected chi connectivity index (χ4v) is 2.50. The molecule has 0 heterocycles. The highest BCUT2D eigenvalue weighted by Crippen LogP contribution is 2.32. The Morgan fingerprint density at radius 3 is 2.40 bits per heavy atom. The van der Waals surface area contributed by atoms with E-state index in [0.717, 1.165) is 12.1 Å². The van der Waals surface area contributed by atoms with Crippen molar-refractivity contribution in [3.63, 3.8) is 0 Å². The van der Waals surface area contributed by atoms with Crippen LogP contribution in [0, 0.1) is 17.5 Å². The summed E-state index contributed by atoms with van der Waals surface area (Å²) in [5.74, 6) is 1.33. The van der Waals surface area contributed by atoms with Gasteiger partial charge in [0.25, 0.3) is 0 Å². The van der Waals surface area contributed by atoms with Crippen molar-refractivity contribution in [2.45, 2.75) is 6.04 Å². The Bertz CT molecular complexity index is 652. The van der Waals surface area contributed by atoms with Gasteiger partial charge in [0.15, 0.2) is 17.5 Å². The molecule has 0 aliphatic heterocycles. The van der Waals surface area contributed by atoms with E-state index in [1.807, 2.05) is 0 Å². The van der Waals surface area contributed by atoms with Crippen molar-refractivity contribution >= 4 is 27.5 Å². The molecule has 2 aromatic rings. The molecule has 0 radical (unpaired) electrons. The number of benzene rings is 2. The standard InChI is InChI=1S/C13H9BrClF3N2/c14-9-3-1-6(15)5-8(9)13(20-19)7-2-4-10(16)12(18)11(7)17/h1-5,13,20H,19H2. The van der Waals surface area contributed by atoms with Crippen LogP contribution in [0.4, 0.5) is 13.2 Å². The maximum atomic E-state index is 13.9. The highest BCUT2D eigenvalue weighted by Gasteiger charge is 2.23. The summed E-state index contributed by atoms with van der Waals surface area (Å²) in [6.45, 7) is 0. The lowest BCUT2D eigenvalue weighted by Crippen LogP contribution is -2.30. The number of hydrogen-bond donors (Lipinski definition) is 2. The van der Waals surface area contributed by atoms with Crippen molar-refractivity contribution in [1.29, 1.82) is 0 Å². The van der Waals surface area contributed by atoms with E-state index >= 15 is 0 Å². The number of nitrogens with two attached hydrogens (primary N) is 1. The fourth-order valence-electron chi connectivity index (χ4n) is 1.85. The predicted molar refractivity (Wildman–Crippen MR) is 74.6 cm³/mol. The second-order valence-electron chi connectivity index (χ2n) is 4.03. The minimum Gasteiger partial charge on any atom is -0.271 e. The summed E-state index contributed by atoms with van der Waals surface area (Å²) in [5.41, 5.74) is 2.76. The first-order valence-electron chi connectivity index (χ1n) is 5.50. The van der Waals surface area contributed by atoms with Gasteiger partial charge in [-0.15, -0.1) is 0 Å². The van der Waals surface area contributed by atoms with Crippen LogP contribution in [0.5, 0.6) is 0 Å². The van der Waals surface area contributed by atoms with E-state index < -0.39 is 23.5 Å². The quantitative estimate of drug-likeness (QED) is 0.489. The minimum absolute atomic E-state index is 0.116. The van der Waals surface area contributed by atoms with Gasteiger partial charge < -0.3 is 0 Å². The second kappa shape index (κ2) is 6.13. The van der Waals surface area contributed by atoms with E-state index in [-0.39, 0.29) is 5.56 Å². The van der Waals surface area contributed by atoms with Crippen LogP contribution in [0.1, 0.15) is 17.2 Å². The van der Waals surface area contributed by atoms with Gasteiger partial charge in [0.2, 0.25) is 0 Å². The SMILES string of the molecule is NNC(c1cc(Cl)ccc1Br)c1ccc(F)c(F)c1F. The van der Waals surface area contributed by atoms with Gasteiger partial charge in [-0.3, -0.25) is 5.84 Å². The fraction of sp³-hybridized carbons (Fsp3) is 0.0769. The molecule has 1 unspecified atom stereocenters. The number of nitrogens with one attached hydrogen (secondary N) is 1. The maximum Gasteiger partial charge on any atom is 0.194 e. The Morgan fingerprint density at radius 1 is 1.05 bits per heavy atom. The summed E-state index contributed by atoms with van der Waals surface area (Å²) in [6, 6.07) is 5.93. The normalized spacial score (nSPS) is 12.5. The molecule has 0 aromatic heterocycles. The molecular weight excluding hydrogens is 357 g/mol. The Labute approximate surface area is 126 Å². The van der Waals surface area contributed by atoms with E-state index in [1.54, 1.807) is 18.2 Å². The molecule has 0 saturated carbocycles. The molecule has 2 rings (SSSR count). The van der Waals surface area contributed by atoms with Crippen LogP contribution in [0.15, 0.2) is 34.8 Å². The molecule has 2 aromatic carbocycles.